The Morgan fingerprint density at radius 1 is 1.29 bits per heavy atom. The van der Waals surface area contributed by atoms with E-state index in [0.717, 1.165) is 34.4 Å². The smallest absolute Gasteiger partial charge is 0.165 e. The van der Waals surface area contributed by atoms with Crippen molar-refractivity contribution in [3.05, 3.63) is 63.6 Å². The topological polar surface area (TPSA) is 26.3 Å². The van der Waals surface area contributed by atoms with Crippen LogP contribution in [0.25, 0.3) is 0 Å². The van der Waals surface area contributed by atoms with E-state index in [-0.39, 0.29) is 11.7 Å². The third kappa shape index (κ3) is 3.03. The molecule has 0 amide bonds. The molecule has 2 aromatic rings. The molecule has 1 atom stereocenters. The van der Waals surface area contributed by atoms with Crippen LogP contribution >= 0.6 is 15.9 Å². The first-order valence-corrected chi connectivity index (χ1v) is 7.98. The lowest BCUT2D eigenvalue weighted by Crippen LogP contribution is -2.14. The minimum absolute atomic E-state index is 0.0602. The van der Waals surface area contributed by atoms with Crippen molar-refractivity contribution in [1.29, 1.82) is 0 Å². The fourth-order valence-electron chi connectivity index (χ4n) is 2.81. The lowest BCUT2D eigenvalue weighted by atomic mass is 9.92. The number of benzene rings is 2. The fourth-order valence-corrected chi connectivity index (χ4v) is 3.36. The van der Waals surface area contributed by atoms with Crippen LogP contribution in [-0.4, -0.2) is 12.4 Å². The van der Waals surface area contributed by atoms with Gasteiger partial charge in [-0.3, -0.25) is 4.79 Å². The van der Waals surface area contributed by atoms with Crippen LogP contribution in [-0.2, 0) is 12.8 Å². The largest absolute Gasteiger partial charge is 0.493 e. The summed E-state index contributed by atoms with van der Waals surface area (Å²) in [6.45, 7) is 2.72. The van der Waals surface area contributed by atoms with Crippen LogP contribution in [0.5, 0.6) is 5.75 Å². The molecule has 2 aromatic carbocycles. The van der Waals surface area contributed by atoms with Crippen molar-refractivity contribution in [3.63, 3.8) is 0 Å². The van der Waals surface area contributed by atoms with E-state index < -0.39 is 0 Å². The van der Waals surface area contributed by atoms with E-state index in [0.29, 0.717) is 6.42 Å². The number of Topliss-reactive ketones (excluding diaryl/α,β-unsaturated/α-hetero) is 1. The predicted molar refractivity (Wildman–Crippen MR) is 87.0 cm³/mol. The number of hydrogen-bond acceptors (Lipinski definition) is 2. The molecule has 21 heavy (non-hydrogen) atoms. The predicted octanol–water partition coefficient (Wildman–Crippen LogP) is 4.45. The van der Waals surface area contributed by atoms with Gasteiger partial charge in [-0.2, -0.15) is 0 Å². The van der Waals surface area contributed by atoms with Crippen molar-refractivity contribution in [1.82, 2.24) is 0 Å². The van der Waals surface area contributed by atoms with E-state index in [1.54, 1.807) is 0 Å². The van der Waals surface area contributed by atoms with E-state index >= 15 is 0 Å². The molecule has 0 fully saturated rings. The Bertz CT molecular complexity index is 664. The second-order valence-electron chi connectivity index (χ2n) is 5.49. The van der Waals surface area contributed by atoms with E-state index in [9.17, 15) is 4.79 Å². The third-order valence-corrected chi connectivity index (χ3v) is 4.32. The lowest BCUT2D eigenvalue weighted by Gasteiger charge is -2.14. The monoisotopic (exact) mass is 344 g/mol. The Hall–Kier alpha value is -1.61. The molecule has 108 valence electrons. The Kier molecular flexibility index (Phi) is 4.11. The molecule has 0 N–H and O–H groups in total. The summed E-state index contributed by atoms with van der Waals surface area (Å²) >= 11 is 3.55. The molecule has 1 unspecified atom stereocenters. The minimum Gasteiger partial charge on any atom is -0.493 e. The van der Waals surface area contributed by atoms with Crippen molar-refractivity contribution in [2.24, 2.45) is 5.92 Å². The highest BCUT2D eigenvalue weighted by atomic mass is 79.9. The van der Waals surface area contributed by atoms with Crippen LogP contribution in [0.3, 0.4) is 0 Å². The average Bonchev–Trinajstić information content (AvgIpc) is 2.95. The van der Waals surface area contributed by atoms with Crippen molar-refractivity contribution < 1.29 is 9.53 Å². The van der Waals surface area contributed by atoms with E-state index in [1.807, 2.05) is 37.3 Å². The average molecular weight is 345 g/mol. The molecule has 1 heterocycles. The van der Waals surface area contributed by atoms with Crippen LogP contribution < -0.4 is 4.74 Å². The number of fused-ring (bicyclic) bond motifs is 1. The van der Waals surface area contributed by atoms with Gasteiger partial charge in [0.25, 0.3) is 0 Å². The zero-order valence-corrected chi connectivity index (χ0v) is 13.5. The molecule has 0 bridgehead atoms. The zero-order valence-electron chi connectivity index (χ0n) is 11.9. The molecule has 0 spiro atoms. The van der Waals surface area contributed by atoms with Crippen molar-refractivity contribution >= 4 is 21.7 Å². The molecule has 3 rings (SSSR count). The van der Waals surface area contributed by atoms with Crippen LogP contribution in [0, 0.1) is 5.92 Å². The Morgan fingerprint density at radius 2 is 2.05 bits per heavy atom. The maximum Gasteiger partial charge on any atom is 0.165 e. The van der Waals surface area contributed by atoms with Crippen LogP contribution in [0.4, 0.5) is 0 Å². The maximum absolute atomic E-state index is 12.5. The lowest BCUT2D eigenvalue weighted by molar-refractivity contribution is 0.0929. The van der Waals surface area contributed by atoms with Gasteiger partial charge in [-0.15, -0.1) is 0 Å². The van der Waals surface area contributed by atoms with Crippen LogP contribution in [0.15, 0.2) is 46.9 Å². The third-order valence-electron chi connectivity index (χ3n) is 3.86. The number of halogens is 1. The second kappa shape index (κ2) is 6.02. The molecule has 0 saturated carbocycles. The number of carbonyl (C=O) groups excluding carboxylic acids is 1. The van der Waals surface area contributed by atoms with Gasteiger partial charge in [0, 0.05) is 22.4 Å². The number of rotatable bonds is 4. The highest BCUT2D eigenvalue weighted by molar-refractivity contribution is 9.10. The first kappa shape index (κ1) is 14.3. The van der Waals surface area contributed by atoms with Gasteiger partial charge in [0.2, 0.25) is 0 Å². The first-order valence-electron chi connectivity index (χ1n) is 7.18. The van der Waals surface area contributed by atoms with Gasteiger partial charge in [-0.25, -0.2) is 0 Å². The van der Waals surface area contributed by atoms with Crippen molar-refractivity contribution in [3.8, 4) is 5.75 Å². The van der Waals surface area contributed by atoms with Crippen LogP contribution in [0.1, 0.15) is 28.4 Å². The Balaban J connectivity index is 1.82. The van der Waals surface area contributed by atoms with E-state index in [1.165, 1.54) is 5.56 Å². The minimum atomic E-state index is -0.0602. The summed E-state index contributed by atoms with van der Waals surface area (Å²) in [6.07, 6.45) is 1.65. The molecule has 1 aliphatic heterocycles. The summed E-state index contributed by atoms with van der Waals surface area (Å²) in [5, 5.41) is 0. The fraction of sp³-hybridized carbons (Fsp3) is 0.278. The summed E-state index contributed by atoms with van der Waals surface area (Å²) in [7, 11) is 0. The molecule has 3 heteroatoms. The van der Waals surface area contributed by atoms with E-state index in [4.69, 9.17) is 4.74 Å². The van der Waals surface area contributed by atoms with Gasteiger partial charge in [-0.1, -0.05) is 53.2 Å². The molecule has 1 aliphatic rings. The summed E-state index contributed by atoms with van der Waals surface area (Å²) in [4.78, 5) is 12.5. The van der Waals surface area contributed by atoms with Crippen molar-refractivity contribution in [2.75, 3.05) is 6.61 Å². The number of carbonyl (C=O) groups is 1. The van der Waals surface area contributed by atoms with Gasteiger partial charge in [-0.05, 0) is 29.7 Å². The highest BCUT2D eigenvalue weighted by Crippen LogP contribution is 2.34. The maximum atomic E-state index is 12.5. The molecule has 0 aliphatic carbocycles. The summed E-state index contributed by atoms with van der Waals surface area (Å²) < 4.78 is 6.80. The molecule has 0 aromatic heterocycles. The number of hydrogen-bond donors (Lipinski definition) is 0. The van der Waals surface area contributed by atoms with E-state index in [2.05, 4.69) is 28.1 Å². The summed E-state index contributed by atoms with van der Waals surface area (Å²) in [5.74, 6) is 1.10. The molecular weight excluding hydrogens is 328 g/mol. The molecule has 0 saturated heterocycles. The van der Waals surface area contributed by atoms with Gasteiger partial charge in [0.05, 0.1) is 6.61 Å². The summed E-state index contributed by atoms with van der Waals surface area (Å²) in [5.41, 5.74) is 3.13. The van der Waals surface area contributed by atoms with Crippen LogP contribution in [0.2, 0.25) is 0 Å². The highest BCUT2D eigenvalue weighted by Gasteiger charge is 2.22. The van der Waals surface area contributed by atoms with Gasteiger partial charge in [0.1, 0.15) is 5.75 Å². The molecule has 0 radical (unpaired) electrons. The normalized spacial score (nSPS) is 14.4. The molecule has 2 nitrogen and oxygen atoms in total. The number of ketones is 1. The Morgan fingerprint density at radius 3 is 2.81 bits per heavy atom. The van der Waals surface area contributed by atoms with Gasteiger partial charge >= 0.3 is 0 Å². The second-order valence-corrected chi connectivity index (χ2v) is 6.40. The quantitative estimate of drug-likeness (QED) is 0.766. The standard InChI is InChI=1S/C18H17BrO2/c1-12(17(20)13-5-3-2-4-6-13)9-15-11-16(19)10-14-7-8-21-18(14)15/h2-6,10-12H,7-9H2,1H3. The SMILES string of the molecule is CC(Cc1cc(Br)cc2c1OCC2)C(=O)c1ccccc1. The van der Waals surface area contributed by atoms with Gasteiger partial charge < -0.3 is 4.74 Å². The Labute approximate surface area is 133 Å². The zero-order chi connectivity index (χ0) is 14.8. The van der Waals surface area contributed by atoms with Crippen molar-refractivity contribution in [2.45, 2.75) is 19.8 Å². The molecular formula is C18H17BrO2. The summed E-state index contributed by atoms with van der Waals surface area (Å²) in [6, 6.07) is 13.7. The first-order chi connectivity index (χ1) is 10.1. The van der Waals surface area contributed by atoms with Gasteiger partial charge in [0.15, 0.2) is 5.78 Å². The number of ether oxygens (including phenoxy) is 1.